The van der Waals surface area contributed by atoms with Gasteiger partial charge >= 0.3 is 23.9 Å². The van der Waals surface area contributed by atoms with E-state index in [1.807, 2.05) is 0 Å². The van der Waals surface area contributed by atoms with E-state index in [4.69, 9.17) is 10.2 Å². The van der Waals surface area contributed by atoms with Gasteiger partial charge in [-0.15, -0.1) is 0 Å². The number of ether oxygens (including phenoxy) is 2. The highest BCUT2D eigenvalue weighted by Crippen LogP contribution is 2.18. The van der Waals surface area contributed by atoms with Crippen molar-refractivity contribution in [2.24, 2.45) is 23.7 Å². The van der Waals surface area contributed by atoms with Crippen LogP contribution in [0.1, 0.15) is 0 Å². The van der Waals surface area contributed by atoms with Gasteiger partial charge in [0, 0.05) is 26.2 Å². The van der Waals surface area contributed by atoms with Crippen LogP contribution in [0, 0.1) is 23.7 Å². The minimum absolute atomic E-state index is 0.342. The summed E-state index contributed by atoms with van der Waals surface area (Å²) in [5.74, 6) is -5.15. The fraction of sp³-hybridized carbons (Fsp3) is 0.714. The Hall–Kier alpha value is -2.20. The molecule has 0 bridgehead atoms. The average molecular weight is 346 g/mol. The average Bonchev–Trinajstić information content (AvgIpc) is 3.22. The zero-order valence-corrected chi connectivity index (χ0v) is 13.5. The van der Waals surface area contributed by atoms with Gasteiger partial charge in [-0.25, -0.2) is 0 Å². The maximum atomic E-state index is 11.0. The molecule has 24 heavy (non-hydrogen) atoms. The van der Waals surface area contributed by atoms with E-state index in [0.717, 1.165) is 0 Å². The van der Waals surface area contributed by atoms with E-state index in [1.54, 1.807) is 0 Å². The first-order valence-corrected chi connectivity index (χ1v) is 7.36. The van der Waals surface area contributed by atoms with Crippen molar-refractivity contribution in [1.82, 2.24) is 10.6 Å². The minimum atomic E-state index is -0.949. The van der Waals surface area contributed by atoms with E-state index >= 15 is 0 Å². The summed E-state index contributed by atoms with van der Waals surface area (Å²) in [6.45, 7) is 1.47. The van der Waals surface area contributed by atoms with Gasteiger partial charge in [0.15, 0.2) is 0 Å². The molecule has 2 aliphatic rings. The molecule has 0 aromatic heterocycles. The molecule has 0 saturated carbocycles. The highest BCUT2D eigenvalue weighted by molar-refractivity contribution is 5.82. The molecular weight excluding hydrogens is 324 g/mol. The Morgan fingerprint density at radius 2 is 1.00 bits per heavy atom. The van der Waals surface area contributed by atoms with Gasteiger partial charge in [-0.1, -0.05) is 0 Å². The number of rotatable bonds is 4. The number of hydrogen-bond donors (Lipinski definition) is 4. The zero-order valence-electron chi connectivity index (χ0n) is 13.5. The van der Waals surface area contributed by atoms with Crippen molar-refractivity contribution in [3.8, 4) is 0 Å². The number of carboxylic acids is 2. The van der Waals surface area contributed by atoms with Gasteiger partial charge in [0.25, 0.3) is 0 Å². The number of hydrogen-bond acceptors (Lipinski definition) is 8. The Labute approximate surface area is 138 Å². The molecule has 0 radical (unpaired) electrons. The molecule has 0 aliphatic carbocycles. The second-order valence-electron chi connectivity index (χ2n) is 5.47. The normalized spacial score (nSPS) is 28.4. The molecule has 2 fully saturated rings. The number of aliphatic carboxylic acids is 2. The molecule has 2 heterocycles. The van der Waals surface area contributed by atoms with E-state index in [0.29, 0.717) is 26.2 Å². The predicted molar refractivity (Wildman–Crippen MR) is 79.0 cm³/mol. The number of carbonyl (C=O) groups is 4. The molecule has 10 nitrogen and oxygen atoms in total. The summed E-state index contributed by atoms with van der Waals surface area (Å²) >= 11 is 0. The highest BCUT2D eigenvalue weighted by atomic mass is 16.5. The number of nitrogens with one attached hydrogen (secondary N) is 2. The molecule has 2 saturated heterocycles. The molecule has 0 aromatic rings. The van der Waals surface area contributed by atoms with Crippen LogP contribution >= 0.6 is 0 Å². The van der Waals surface area contributed by atoms with Gasteiger partial charge in [0.2, 0.25) is 0 Å². The standard InChI is InChI=1S/2C7H11NO4/c2*1-12-7(11)5-3-8-2-4(5)6(9)10/h2*4-5,8H,2-3H2,1H3,(H,9,10)/t2*4-,5+/m10/s1. The molecule has 10 heteroatoms. The van der Waals surface area contributed by atoms with Crippen LogP contribution < -0.4 is 10.6 Å². The lowest BCUT2D eigenvalue weighted by atomic mass is 9.97. The topological polar surface area (TPSA) is 151 Å². The minimum Gasteiger partial charge on any atom is -0.481 e. The summed E-state index contributed by atoms with van der Waals surface area (Å²) in [5.41, 5.74) is 0. The van der Waals surface area contributed by atoms with Crippen LogP contribution in [0.25, 0.3) is 0 Å². The molecule has 0 spiro atoms. The smallest absolute Gasteiger partial charge is 0.310 e. The Balaban J connectivity index is 0.000000240. The second kappa shape index (κ2) is 9.18. The lowest BCUT2D eigenvalue weighted by molar-refractivity contribution is -0.153. The summed E-state index contributed by atoms with van der Waals surface area (Å²) < 4.78 is 8.94. The summed E-state index contributed by atoms with van der Waals surface area (Å²) in [5, 5.41) is 23.0. The van der Waals surface area contributed by atoms with E-state index in [1.165, 1.54) is 14.2 Å². The van der Waals surface area contributed by atoms with Crippen molar-refractivity contribution in [3.63, 3.8) is 0 Å². The van der Waals surface area contributed by atoms with Gasteiger partial charge in [-0.05, 0) is 0 Å². The zero-order chi connectivity index (χ0) is 18.3. The summed E-state index contributed by atoms with van der Waals surface area (Å²) in [6.07, 6.45) is 0. The van der Waals surface area contributed by atoms with Gasteiger partial charge in [0.05, 0.1) is 37.9 Å². The molecule has 136 valence electrons. The third-order valence-corrected chi connectivity index (χ3v) is 4.07. The Morgan fingerprint density at radius 3 is 1.25 bits per heavy atom. The molecule has 4 N–H and O–H groups in total. The second-order valence-corrected chi connectivity index (χ2v) is 5.47. The third kappa shape index (κ3) is 4.90. The lowest BCUT2D eigenvalue weighted by Crippen LogP contribution is -2.29. The first kappa shape index (κ1) is 19.8. The largest absolute Gasteiger partial charge is 0.481 e. The molecule has 2 aliphatic heterocycles. The molecule has 2 rings (SSSR count). The van der Waals surface area contributed by atoms with Gasteiger partial charge in [-0.3, -0.25) is 19.2 Å². The van der Waals surface area contributed by atoms with E-state index < -0.39 is 47.5 Å². The van der Waals surface area contributed by atoms with Crippen molar-refractivity contribution in [2.75, 3.05) is 40.4 Å². The number of esters is 2. The van der Waals surface area contributed by atoms with Crippen LogP contribution in [0.2, 0.25) is 0 Å². The van der Waals surface area contributed by atoms with Crippen LogP contribution in [0.5, 0.6) is 0 Å². The third-order valence-electron chi connectivity index (χ3n) is 4.07. The lowest BCUT2D eigenvalue weighted by Gasteiger charge is -2.10. The van der Waals surface area contributed by atoms with Gasteiger partial charge in [0.1, 0.15) is 0 Å². The van der Waals surface area contributed by atoms with E-state index in [2.05, 4.69) is 20.1 Å². The quantitative estimate of drug-likeness (QED) is 0.427. The predicted octanol–water partition coefficient (Wildman–Crippen LogP) is -1.84. The summed E-state index contributed by atoms with van der Waals surface area (Å²) in [6, 6.07) is 0. The highest BCUT2D eigenvalue weighted by Gasteiger charge is 2.39. The number of methoxy groups -OCH3 is 2. The monoisotopic (exact) mass is 346 g/mol. The van der Waals surface area contributed by atoms with Crippen LogP contribution in [-0.4, -0.2) is 74.5 Å². The molecule has 0 amide bonds. The Kier molecular flexibility index (Phi) is 7.59. The SMILES string of the molecule is COC(=O)[C@@H]1CNC[C@@H]1C(=O)O.COC(=O)[C@H]1CNC[C@H]1C(=O)O. The van der Waals surface area contributed by atoms with Crippen LogP contribution in [0.4, 0.5) is 0 Å². The van der Waals surface area contributed by atoms with Crippen molar-refractivity contribution in [3.05, 3.63) is 0 Å². The number of carbonyl (C=O) groups excluding carboxylic acids is 2. The molecule has 4 atom stereocenters. The first-order valence-electron chi connectivity index (χ1n) is 7.36. The first-order chi connectivity index (χ1) is 11.3. The summed E-state index contributed by atoms with van der Waals surface area (Å²) in [4.78, 5) is 43.2. The Bertz CT molecular complexity index is 451. The van der Waals surface area contributed by atoms with Gasteiger partial charge in [-0.2, -0.15) is 0 Å². The maximum Gasteiger partial charge on any atom is 0.310 e. The van der Waals surface area contributed by atoms with Crippen molar-refractivity contribution in [1.29, 1.82) is 0 Å². The van der Waals surface area contributed by atoms with Crippen molar-refractivity contribution in [2.45, 2.75) is 0 Å². The molecule has 0 aromatic carbocycles. The fourth-order valence-electron chi connectivity index (χ4n) is 2.67. The van der Waals surface area contributed by atoms with Crippen molar-refractivity contribution < 1.29 is 38.9 Å². The summed E-state index contributed by atoms with van der Waals surface area (Å²) in [7, 11) is 2.53. The van der Waals surface area contributed by atoms with E-state index in [-0.39, 0.29) is 0 Å². The van der Waals surface area contributed by atoms with E-state index in [9.17, 15) is 19.2 Å². The maximum absolute atomic E-state index is 11.0. The van der Waals surface area contributed by atoms with Crippen LogP contribution in [-0.2, 0) is 28.7 Å². The van der Waals surface area contributed by atoms with Crippen LogP contribution in [0.3, 0.4) is 0 Å². The van der Waals surface area contributed by atoms with Crippen molar-refractivity contribution >= 4 is 23.9 Å². The fourth-order valence-corrected chi connectivity index (χ4v) is 2.67. The molecule has 0 unspecified atom stereocenters. The molecular formula is C14H22N2O8. The Morgan fingerprint density at radius 1 is 0.708 bits per heavy atom. The number of carboxylic acid groups (broad SMARTS) is 2. The van der Waals surface area contributed by atoms with Crippen LogP contribution in [0.15, 0.2) is 0 Å². The van der Waals surface area contributed by atoms with Gasteiger partial charge < -0.3 is 30.3 Å².